The molecule has 2 N–H and O–H groups in total. The average Bonchev–Trinajstić information content (AvgIpc) is 3.25. The number of amides is 1. The SMILES string of the molecule is Cn1nccc1C(=O)c1ccc(Sc2cccc(C3(C(N)=O)CCOCC3)c2)c(C#N)c1. The van der Waals surface area contributed by atoms with Gasteiger partial charge in [0.1, 0.15) is 11.8 Å². The standard InChI is InChI=1S/C24H22N4O3S/c1-28-20(7-10-27-28)22(29)16-5-6-21(17(13-16)15-25)32-19-4-2-3-18(14-19)24(23(26)30)8-11-31-12-9-24/h2-7,10,13-14H,8-9,11-12H2,1H3,(H2,26,30). The van der Waals surface area contributed by atoms with Gasteiger partial charge < -0.3 is 10.5 Å². The van der Waals surface area contributed by atoms with Crippen LogP contribution in [-0.2, 0) is 22.0 Å². The van der Waals surface area contributed by atoms with Crippen molar-refractivity contribution in [3.8, 4) is 6.07 Å². The maximum atomic E-state index is 12.8. The number of rotatable bonds is 6. The lowest BCUT2D eigenvalue weighted by Crippen LogP contribution is -2.45. The van der Waals surface area contributed by atoms with Crippen LogP contribution in [-0.4, -0.2) is 34.7 Å². The number of hydrogen-bond acceptors (Lipinski definition) is 6. The second-order valence-corrected chi connectivity index (χ2v) is 8.80. The molecule has 2 heterocycles. The Hall–Kier alpha value is -3.41. The van der Waals surface area contributed by atoms with E-state index in [2.05, 4.69) is 11.2 Å². The second-order valence-electron chi connectivity index (χ2n) is 7.68. The van der Waals surface area contributed by atoms with Crippen molar-refractivity contribution in [2.45, 2.75) is 28.0 Å². The first-order valence-corrected chi connectivity index (χ1v) is 11.0. The lowest BCUT2D eigenvalue weighted by atomic mass is 9.73. The van der Waals surface area contributed by atoms with Gasteiger partial charge in [-0.1, -0.05) is 23.9 Å². The van der Waals surface area contributed by atoms with Crippen LogP contribution in [0.1, 0.15) is 40.0 Å². The zero-order chi connectivity index (χ0) is 22.7. The van der Waals surface area contributed by atoms with Crippen LogP contribution < -0.4 is 5.73 Å². The van der Waals surface area contributed by atoms with E-state index in [1.165, 1.54) is 16.4 Å². The van der Waals surface area contributed by atoms with Crippen LogP contribution in [0.5, 0.6) is 0 Å². The van der Waals surface area contributed by atoms with Gasteiger partial charge in [-0.3, -0.25) is 14.3 Å². The summed E-state index contributed by atoms with van der Waals surface area (Å²) >= 11 is 1.41. The number of carbonyl (C=O) groups is 2. The molecule has 1 saturated heterocycles. The predicted molar refractivity (Wildman–Crippen MR) is 119 cm³/mol. The molecule has 0 aliphatic carbocycles. The number of nitrogens with zero attached hydrogens (tertiary/aromatic N) is 3. The van der Waals surface area contributed by atoms with Gasteiger partial charge in [0.2, 0.25) is 11.7 Å². The highest BCUT2D eigenvalue weighted by Crippen LogP contribution is 2.38. The molecule has 1 aliphatic rings. The van der Waals surface area contributed by atoms with Crippen molar-refractivity contribution in [3.05, 3.63) is 77.1 Å². The third-order valence-electron chi connectivity index (χ3n) is 5.85. The zero-order valence-electron chi connectivity index (χ0n) is 17.6. The van der Waals surface area contributed by atoms with Gasteiger partial charge >= 0.3 is 0 Å². The van der Waals surface area contributed by atoms with Crippen LogP contribution in [0.25, 0.3) is 0 Å². The number of carbonyl (C=O) groups excluding carboxylic acids is 2. The maximum Gasteiger partial charge on any atom is 0.228 e. The molecule has 1 amide bonds. The molecular weight excluding hydrogens is 424 g/mol. The van der Waals surface area contributed by atoms with E-state index < -0.39 is 5.41 Å². The highest BCUT2D eigenvalue weighted by Gasteiger charge is 2.40. The van der Waals surface area contributed by atoms with Crippen LogP contribution in [0.3, 0.4) is 0 Å². The van der Waals surface area contributed by atoms with Gasteiger partial charge in [-0.2, -0.15) is 10.4 Å². The van der Waals surface area contributed by atoms with Crippen molar-refractivity contribution in [1.82, 2.24) is 9.78 Å². The van der Waals surface area contributed by atoms with E-state index in [9.17, 15) is 14.9 Å². The van der Waals surface area contributed by atoms with E-state index in [0.717, 1.165) is 15.4 Å². The van der Waals surface area contributed by atoms with E-state index in [1.807, 2.05) is 24.3 Å². The minimum absolute atomic E-state index is 0.192. The first-order valence-electron chi connectivity index (χ1n) is 10.2. The minimum atomic E-state index is -0.744. The van der Waals surface area contributed by atoms with Crippen molar-refractivity contribution >= 4 is 23.5 Å². The van der Waals surface area contributed by atoms with Crippen LogP contribution in [0.15, 0.2) is 64.5 Å². The van der Waals surface area contributed by atoms with Crippen LogP contribution in [0, 0.1) is 11.3 Å². The zero-order valence-corrected chi connectivity index (χ0v) is 18.4. The molecule has 1 aliphatic heterocycles. The molecule has 1 fully saturated rings. The molecule has 32 heavy (non-hydrogen) atoms. The highest BCUT2D eigenvalue weighted by atomic mass is 32.2. The summed E-state index contributed by atoms with van der Waals surface area (Å²) in [5.74, 6) is -0.540. The first-order chi connectivity index (χ1) is 15.4. The molecule has 3 aromatic rings. The van der Waals surface area contributed by atoms with E-state index in [0.29, 0.717) is 42.9 Å². The number of aromatic nitrogens is 2. The Morgan fingerprint density at radius 3 is 2.62 bits per heavy atom. The number of nitrogens with two attached hydrogens (primary N) is 1. The predicted octanol–water partition coefficient (Wildman–Crippen LogP) is 3.21. The quantitative estimate of drug-likeness (QED) is 0.582. The van der Waals surface area contributed by atoms with Gasteiger partial charge in [-0.15, -0.1) is 0 Å². The summed E-state index contributed by atoms with van der Waals surface area (Å²) in [7, 11) is 1.70. The first kappa shape index (κ1) is 21.8. The number of nitriles is 1. The third-order valence-corrected chi connectivity index (χ3v) is 6.91. The largest absolute Gasteiger partial charge is 0.381 e. The summed E-state index contributed by atoms with van der Waals surface area (Å²) in [6.45, 7) is 0.982. The van der Waals surface area contributed by atoms with Gasteiger partial charge in [0, 0.05) is 41.8 Å². The van der Waals surface area contributed by atoms with E-state index >= 15 is 0 Å². The van der Waals surface area contributed by atoms with Gasteiger partial charge in [-0.25, -0.2) is 0 Å². The number of aryl methyl sites for hydroxylation is 1. The van der Waals surface area contributed by atoms with E-state index in [-0.39, 0.29) is 11.7 Å². The Kier molecular flexibility index (Phi) is 6.12. The molecule has 7 nitrogen and oxygen atoms in total. The number of primary amides is 1. The summed E-state index contributed by atoms with van der Waals surface area (Å²) in [5.41, 5.74) is 7.20. The number of ketones is 1. The molecule has 0 spiro atoms. The molecule has 2 aromatic carbocycles. The molecule has 0 saturated carbocycles. The summed E-state index contributed by atoms with van der Waals surface area (Å²) < 4.78 is 6.94. The number of hydrogen-bond donors (Lipinski definition) is 1. The summed E-state index contributed by atoms with van der Waals surface area (Å²) in [6, 6.07) is 16.6. The summed E-state index contributed by atoms with van der Waals surface area (Å²) in [5, 5.41) is 13.7. The van der Waals surface area contributed by atoms with E-state index in [1.54, 1.807) is 37.5 Å². The fourth-order valence-corrected chi connectivity index (χ4v) is 4.91. The Morgan fingerprint density at radius 2 is 1.97 bits per heavy atom. The van der Waals surface area contributed by atoms with Crippen molar-refractivity contribution in [2.75, 3.05) is 13.2 Å². The van der Waals surface area contributed by atoms with Crippen molar-refractivity contribution in [1.29, 1.82) is 5.26 Å². The Bertz CT molecular complexity index is 1220. The summed E-state index contributed by atoms with van der Waals surface area (Å²) in [6.07, 6.45) is 2.66. The Labute approximate surface area is 190 Å². The molecule has 162 valence electrons. The minimum Gasteiger partial charge on any atom is -0.381 e. The monoisotopic (exact) mass is 446 g/mol. The van der Waals surface area contributed by atoms with Crippen molar-refractivity contribution in [3.63, 3.8) is 0 Å². The average molecular weight is 447 g/mol. The van der Waals surface area contributed by atoms with Gasteiger partial charge in [0.15, 0.2) is 0 Å². The molecule has 1 aromatic heterocycles. The maximum absolute atomic E-state index is 12.8. The molecular formula is C24H22N4O3S. The van der Waals surface area contributed by atoms with Crippen molar-refractivity contribution in [2.24, 2.45) is 12.8 Å². The van der Waals surface area contributed by atoms with Gasteiger partial charge in [-0.05, 0) is 54.8 Å². The van der Waals surface area contributed by atoms with Crippen molar-refractivity contribution < 1.29 is 14.3 Å². The summed E-state index contributed by atoms with van der Waals surface area (Å²) in [4.78, 5) is 26.7. The van der Waals surface area contributed by atoms with Gasteiger partial charge in [0.05, 0.1) is 11.0 Å². The van der Waals surface area contributed by atoms with E-state index in [4.69, 9.17) is 10.5 Å². The molecule has 0 bridgehead atoms. The number of ether oxygens (including phenoxy) is 1. The lowest BCUT2D eigenvalue weighted by molar-refractivity contribution is -0.127. The fraction of sp³-hybridized carbons (Fsp3) is 0.250. The highest BCUT2D eigenvalue weighted by molar-refractivity contribution is 7.99. The van der Waals surface area contributed by atoms with Gasteiger partial charge in [0.25, 0.3) is 0 Å². The lowest BCUT2D eigenvalue weighted by Gasteiger charge is -2.34. The molecule has 0 atom stereocenters. The topological polar surface area (TPSA) is 111 Å². The second kappa shape index (κ2) is 8.99. The molecule has 0 radical (unpaired) electrons. The van der Waals surface area contributed by atoms with Crippen LogP contribution in [0.2, 0.25) is 0 Å². The van der Waals surface area contributed by atoms with Crippen LogP contribution in [0.4, 0.5) is 0 Å². The Balaban J connectivity index is 1.63. The smallest absolute Gasteiger partial charge is 0.228 e. The number of benzene rings is 2. The normalized spacial score (nSPS) is 15.1. The van der Waals surface area contributed by atoms with Crippen LogP contribution >= 0.6 is 11.8 Å². The fourth-order valence-electron chi connectivity index (χ4n) is 3.97. The molecule has 0 unspecified atom stereocenters. The molecule has 8 heteroatoms. The Morgan fingerprint density at radius 1 is 1.19 bits per heavy atom. The molecule has 4 rings (SSSR count). The third kappa shape index (κ3) is 4.05.